The highest BCUT2D eigenvalue weighted by atomic mass is 79.9. The SMILES string of the molecule is Brc1cc(CNCC2CCCS2)cs1. The van der Waals surface area contributed by atoms with Gasteiger partial charge in [0.15, 0.2) is 0 Å². The first-order chi connectivity index (χ1) is 6.84. The minimum Gasteiger partial charge on any atom is -0.312 e. The summed E-state index contributed by atoms with van der Waals surface area (Å²) in [5, 5.41) is 6.59. The van der Waals surface area contributed by atoms with Crippen LogP contribution in [-0.4, -0.2) is 17.5 Å². The first-order valence-corrected chi connectivity index (χ1v) is 7.62. The van der Waals surface area contributed by atoms with Gasteiger partial charge in [-0.3, -0.25) is 0 Å². The molecular formula is C10H14BrNS2. The van der Waals surface area contributed by atoms with E-state index in [2.05, 4.69) is 44.5 Å². The fourth-order valence-electron chi connectivity index (χ4n) is 1.62. The van der Waals surface area contributed by atoms with Crippen molar-refractivity contribution in [2.75, 3.05) is 12.3 Å². The maximum Gasteiger partial charge on any atom is 0.0701 e. The van der Waals surface area contributed by atoms with E-state index < -0.39 is 0 Å². The molecule has 0 saturated carbocycles. The van der Waals surface area contributed by atoms with Crippen molar-refractivity contribution in [2.45, 2.75) is 24.6 Å². The quantitative estimate of drug-likeness (QED) is 0.911. The summed E-state index contributed by atoms with van der Waals surface area (Å²) in [5.41, 5.74) is 1.39. The molecule has 1 unspecified atom stereocenters. The van der Waals surface area contributed by atoms with Crippen LogP contribution in [-0.2, 0) is 6.54 Å². The Morgan fingerprint density at radius 3 is 3.14 bits per heavy atom. The highest BCUT2D eigenvalue weighted by molar-refractivity contribution is 9.11. The summed E-state index contributed by atoms with van der Waals surface area (Å²) in [6, 6.07) is 2.19. The second-order valence-electron chi connectivity index (χ2n) is 3.52. The summed E-state index contributed by atoms with van der Waals surface area (Å²) in [6.07, 6.45) is 2.80. The third-order valence-corrected chi connectivity index (χ3v) is 5.30. The highest BCUT2D eigenvalue weighted by Gasteiger charge is 2.14. The standard InChI is InChI=1S/C10H14BrNS2/c11-10-4-8(7-14-10)5-12-6-9-2-1-3-13-9/h4,7,9,12H,1-3,5-6H2. The minimum absolute atomic E-state index is 0.858. The average Bonchev–Trinajstić information content (AvgIpc) is 2.77. The fourth-order valence-corrected chi connectivity index (χ4v) is 4.07. The lowest BCUT2D eigenvalue weighted by Crippen LogP contribution is -2.22. The predicted molar refractivity (Wildman–Crippen MR) is 69.2 cm³/mol. The van der Waals surface area contributed by atoms with Gasteiger partial charge in [-0.1, -0.05) is 0 Å². The molecule has 14 heavy (non-hydrogen) atoms. The van der Waals surface area contributed by atoms with E-state index >= 15 is 0 Å². The molecule has 2 heterocycles. The van der Waals surface area contributed by atoms with Crippen LogP contribution in [0.4, 0.5) is 0 Å². The number of nitrogens with one attached hydrogen (secondary N) is 1. The predicted octanol–water partition coefficient (Wildman–Crippen LogP) is 3.50. The maximum atomic E-state index is 3.52. The van der Waals surface area contributed by atoms with E-state index in [1.165, 1.54) is 27.9 Å². The number of halogens is 1. The number of thiophene rings is 1. The molecule has 1 atom stereocenters. The molecule has 1 aromatic heterocycles. The zero-order chi connectivity index (χ0) is 9.80. The topological polar surface area (TPSA) is 12.0 Å². The molecule has 1 aromatic rings. The Balaban J connectivity index is 1.67. The largest absolute Gasteiger partial charge is 0.312 e. The zero-order valence-electron chi connectivity index (χ0n) is 7.96. The van der Waals surface area contributed by atoms with Crippen molar-refractivity contribution >= 4 is 39.0 Å². The van der Waals surface area contributed by atoms with Gasteiger partial charge in [0.05, 0.1) is 3.79 Å². The number of rotatable bonds is 4. The maximum absolute atomic E-state index is 3.52. The van der Waals surface area contributed by atoms with Crippen molar-refractivity contribution in [3.8, 4) is 0 Å². The molecule has 4 heteroatoms. The van der Waals surface area contributed by atoms with E-state index in [9.17, 15) is 0 Å². The molecule has 78 valence electrons. The monoisotopic (exact) mass is 291 g/mol. The molecule has 0 aromatic carbocycles. The summed E-state index contributed by atoms with van der Waals surface area (Å²) in [5.74, 6) is 1.36. The Morgan fingerprint density at radius 1 is 1.57 bits per heavy atom. The van der Waals surface area contributed by atoms with Gasteiger partial charge in [-0.2, -0.15) is 11.8 Å². The lowest BCUT2D eigenvalue weighted by molar-refractivity contribution is 0.647. The molecule has 0 aliphatic carbocycles. The Kier molecular flexibility index (Phi) is 4.35. The van der Waals surface area contributed by atoms with Gasteiger partial charge in [0, 0.05) is 18.3 Å². The van der Waals surface area contributed by atoms with Crippen LogP contribution in [0.5, 0.6) is 0 Å². The Hall–Kier alpha value is 0.490. The van der Waals surface area contributed by atoms with E-state index in [0.29, 0.717) is 0 Å². The summed E-state index contributed by atoms with van der Waals surface area (Å²) in [6.45, 7) is 2.18. The Bertz CT molecular complexity index is 281. The summed E-state index contributed by atoms with van der Waals surface area (Å²) >= 11 is 7.35. The van der Waals surface area contributed by atoms with Gasteiger partial charge in [-0.05, 0) is 51.5 Å². The molecule has 0 spiro atoms. The number of hydrogen-bond donors (Lipinski definition) is 1. The van der Waals surface area contributed by atoms with E-state index in [0.717, 1.165) is 18.3 Å². The molecule has 1 aliphatic rings. The van der Waals surface area contributed by atoms with Crippen molar-refractivity contribution < 1.29 is 0 Å². The molecule has 1 aliphatic heterocycles. The molecule has 1 fully saturated rings. The molecule has 1 N–H and O–H groups in total. The van der Waals surface area contributed by atoms with Crippen LogP contribution in [0.25, 0.3) is 0 Å². The van der Waals surface area contributed by atoms with Gasteiger partial charge in [-0.15, -0.1) is 11.3 Å². The van der Waals surface area contributed by atoms with Gasteiger partial charge in [0.2, 0.25) is 0 Å². The number of hydrogen-bond acceptors (Lipinski definition) is 3. The van der Waals surface area contributed by atoms with E-state index in [1.54, 1.807) is 11.3 Å². The summed E-state index contributed by atoms with van der Waals surface area (Å²) < 4.78 is 1.23. The minimum atomic E-state index is 0.858. The molecule has 0 amide bonds. The second-order valence-corrected chi connectivity index (χ2v) is 7.22. The van der Waals surface area contributed by atoms with Gasteiger partial charge < -0.3 is 5.32 Å². The van der Waals surface area contributed by atoms with Gasteiger partial charge in [-0.25, -0.2) is 0 Å². The molecule has 1 saturated heterocycles. The Morgan fingerprint density at radius 2 is 2.50 bits per heavy atom. The first-order valence-electron chi connectivity index (χ1n) is 4.90. The number of thioether (sulfide) groups is 1. The van der Waals surface area contributed by atoms with E-state index in [1.807, 2.05) is 0 Å². The van der Waals surface area contributed by atoms with Gasteiger partial charge >= 0.3 is 0 Å². The van der Waals surface area contributed by atoms with Crippen molar-refractivity contribution in [1.29, 1.82) is 0 Å². The average molecular weight is 292 g/mol. The van der Waals surface area contributed by atoms with Crippen LogP contribution in [0.2, 0.25) is 0 Å². The van der Waals surface area contributed by atoms with Crippen molar-refractivity contribution in [3.05, 3.63) is 20.8 Å². The first kappa shape index (κ1) is 11.0. The molecule has 1 nitrogen and oxygen atoms in total. The van der Waals surface area contributed by atoms with Crippen LogP contribution in [0, 0.1) is 0 Å². The lowest BCUT2D eigenvalue weighted by Gasteiger charge is -2.08. The molecule has 2 rings (SSSR count). The normalized spacial score (nSPS) is 21.6. The molecular weight excluding hydrogens is 278 g/mol. The van der Waals surface area contributed by atoms with Crippen molar-refractivity contribution in [2.24, 2.45) is 0 Å². The summed E-state index contributed by atoms with van der Waals surface area (Å²) in [7, 11) is 0. The third kappa shape index (κ3) is 3.26. The summed E-state index contributed by atoms with van der Waals surface area (Å²) in [4.78, 5) is 0. The Labute approximate surface area is 102 Å². The smallest absolute Gasteiger partial charge is 0.0701 e. The van der Waals surface area contributed by atoms with Crippen LogP contribution in [0.3, 0.4) is 0 Å². The third-order valence-electron chi connectivity index (χ3n) is 2.35. The van der Waals surface area contributed by atoms with Crippen LogP contribution in [0.15, 0.2) is 15.2 Å². The van der Waals surface area contributed by atoms with Crippen LogP contribution >= 0.6 is 39.0 Å². The van der Waals surface area contributed by atoms with E-state index in [-0.39, 0.29) is 0 Å². The van der Waals surface area contributed by atoms with E-state index in [4.69, 9.17) is 0 Å². The van der Waals surface area contributed by atoms with Crippen LogP contribution < -0.4 is 5.32 Å². The second kappa shape index (κ2) is 5.54. The van der Waals surface area contributed by atoms with Crippen molar-refractivity contribution in [3.63, 3.8) is 0 Å². The zero-order valence-corrected chi connectivity index (χ0v) is 11.2. The van der Waals surface area contributed by atoms with Gasteiger partial charge in [0.25, 0.3) is 0 Å². The molecule has 0 radical (unpaired) electrons. The fraction of sp³-hybridized carbons (Fsp3) is 0.600. The van der Waals surface area contributed by atoms with Gasteiger partial charge in [0.1, 0.15) is 0 Å². The lowest BCUT2D eigenvalue weighted by atomic mass is 10.2. The van der Waals surface area contributed by atoms with Crippen molar-refractivity contribution in [1.82, 2.24) is 5.32 Å². The molecule has 0 bridgehead atoms. The van der Waals surface area contributed by atoms with Crippen LogP contribution in [0.1, 0.15) is 18.4 Å². The highest BCUT2D eigenvalue weighted by Crippen LogP contribution is 2.25.